The Hall–Kier alpha value is -1.36. The van der Waals surface area contributed by atoms with E-state index in [-0.39, 0.29) is 0 Å². The van der Waals surface area contributed by atoms with Crippen molar-refractivity contribution in [3.63, 3.8) is 0 Å². The number of aromatic nitrogens is 4. The van der Waals surface area contributed by atoms with E-state index >= 15 is 0 Å². The van der Waals surface area contributed by atoms with Gasteiger partial charge in [0.15, 0.2) is 0 Å². The molecule has 0 atom stereocenters. The molecule has 0 aliphatic heterocycles. The molecule has 0 bridgehead atoms. The molecule has 1 aromatic heterocycles. The van der Waals surface area contributed by atoms with Crippen molar-refractivity contribution >= 4 is 11.8 Å². The summed E-state index contributed by atoms with van der Waals surface area (Å²) in [6.07, 6.45) is 2.93. The summed E-state index contributed by atoms with van der Waals surface area (Å²) >= 11 is 1.56. The Balaban J connectivity index is 1.99. The Morgan fingerprint density at radius 2 is 2.07 bits per heavy atom. The average molecular weight is 220 g/mol. The fourth-order valence-corrected chi connectivity index (χ4v) is 1.82. The predicted molar refractivity (Wildman–Crippen MR) is 59.7 cm³/mol. The van der Waals surface area contributed by atoms with Gasteiger partial charge in [-0.05, 0) is 28.7 Å². The van der Waals surface area contributed by atoms with Crippen molar-refractivity contribution in [3.05, 3.63) is 35.9 Å². The zero-order chi connectivity index (χ0) is 10.5. The second-order valence-electron chi connectivity index (χ2n) is 3.12. The summed E-state index contributed by atoms with van der Waals surface area (Å²) in [6.45, 7) is 0.827. The minimum atomic E-state index is 0.827. The molecule has 0 amide bonds. The van der Waals surface area contributed by atoms with Gasteiger partial charge in [0.1, 0.15) is 0 Å². The van der Waals surface area contributed by atoms with Gasteiger partial charge >= 0.3 is 0 Å². The summed E-state index contributed by atoms with van der Waals surface area (Å²) in [5.41, 5.74) is 1.31. The summed E-state index contributed by atoms with van der Waals surface area (Å²) in [6, 6.07) is 10.3. The smallest absolute Gasteiger partial charge is 0.209 e. The lowest BCUT2D eigenvalue weighted by Gasteiger charge is -2.02. The Morgan fingerprint density at radius 1 is 1.27 bits per heavy atom. The molecule has 15 heavy (non-hydrogen) atoms. The lowest BCUT2D eigenvalue weighted by atomic mass is 10.2. The van der Waals surface area contributed by atoms with Crippen LogP contribution in [-0.4, -0.2) is 26.5 Å². The molecule has 2 rings (SSSR count). The third-order valence-corrected chi connectivity index (χ3v) is 2.79. The monoisotopic (exact) mass is 220 g/mol. The summed E-state index contributed by atoms with van der Waals surface area (Å²) in [4.78, 5) is 0. The van der Waals surface area contributed by atoms with Crippen LogP contribution in [0.25, 0.3) is 0 Å². The van der Waals surface area contributed by atoms with E-state index in [9.17, 15) is 0 Å². The van der Waals surface area contributed by atoms with Gasteiger partial charge in [-0.25, -0.2) is 4.68 Å². The maximum absolute atomic E-state index is 3.94. The van der Waals surface area contributed by atoms with Gasteiger partial charge in [0.25, 0.3) is 0 Å². The van der Waals surface area contributed by atoms with Crippen LogP contribution in [0.5, 0.6) is 0 Å². The highest BCUT2D eigenvalue weighted by atomic mass is 32.2. The van der Waals surface area contributed by atoms with E-state index in [0.717, 1.165) is 18.1 Å². The van der Waals surface area contributed by atoms with Crippen LogP contribution in [0.4, 0.5) is 0 Å². The fourth-order valence-electron chi connectivity index (χ4n) is 1.36. The largest absolute Gasteiger partial charge is 0.220 e. The summed E-state index contributed by atoms with van der Waals surface area (Å²) in [5, 5.41) is 12.4. The van der Waals surface area contributed by atoms with E-state index in [0.29, 0.717) is 0 Å². The molecule has 0 unspecified atom stereocenters. The fraction of sp³-hybridized carbons (Fsp3) is 0.300. The number of benzene rings is 1. The Kier molecular flexibility index (Phi) is 3.34. The third-order valence-electron chi connectivity index (χ3n) is 2.14. The second kappa shape index (κ2) is 4.93. The number of nitrogens with zero attached hydrogens (tertiary/aromatic N) is 4. The van der Waals surface area contributed by atoms with Gasteiger partial charge in [0.2, 0.25) is 5.16 Å². The molecule has 0 aliphatic carbocycles. The second-order valence-corrected chi connectivity index (χ2v) is 3.90. The zero-order valence-corrected chi connectivity index (χ0v) is 9.31. The highest BCUT2D eigenvalue weighted by Crippen LogP contribution is 2.09. The molecule has 2 aromatic rings. The molecular weight excluding hydrogens is 208 g/mol. The normalized spacial score (nSPS) is 10.5. The van der Waals surface area contributed by atoms with E-state index in [1.165, 1.54) is 5.56 Å². The van der Waals surface area contributed by atoms with Gasteiger partial charge in [0, 0.05) is 6.54 Å². The number of tetrazole rings is 1. The Bertz CT molecular complexity index is 412. The van der Waals surface area contributed by atoms with Crippen molar-refractivity contribution in [2.24, 2.45) is 0 Å². The van der Waals surface area contributed by atoms with Gasteiger partial charge in [-0.15, -0.1) is 5.10 Å². The van der Waals surface area contributed by atoms with Gasteiger partial charge in [-0.3, -0.25) is 0 Å². The Labute approximate surface area is 92.7 Å². The van der Waals surface area contributed by atoms with E-state index in [1.54, 1.807) is 11.8 Å². The molecule has 4 nitrogen and oxygen atoms in total. The van der Waals surface area contributed by atoms with Crippen LogP contribution >= 0.6 is 11.8 Å². The molecular formula is C10H12N4S. The highest BCUT2D eigenvalue weighted by molar-refractivity contribution is 7.98. The number of rotatable bonds is 4. The minimum absolute atomic E-state index is 0.827. The van der Waals surface area contributed by atoms with Crippen LogP contribution in [0, 0.1) is 0 Å². The van der Waals surface area contributed by atoms with Crippen LogP contribution in [0.3, 0.4) is 0 Å². The first-order chi connectivity index (χ1) is 7.40. The summed E-state index contributed by atoms with van der Waals surface area (Å²) in [5.74, 6) is 0. The van der Waals surface area contributed by atoms with Crippen LogP contribution in [0.15, 0.2) is 35.5 Å². The maximum atomic E-state index is 3.94. The number of aryl methyl sites for hydroxylation is 2. The first-order valence-electron chi connectivity index (χ1n) is 4.74. The highest BCUT2D eigenvalue weighted by Gasteiger charge is 2.03. The SMILES string of the molecule is CSc1nnnn1CCc1ccccc1. The van der Waals surface area contributed by atoms with Gasteiger partial charge in [0.05, 0.1) is 0 Å². The van der Waals surface area contributed by atoms with E-state index in [1.807, 2.05) is 29.1 Å². The first-order valence-corrected chi connectivity index (χ1v) is 5.96. The first kappa shape index (κ1) is 10.2. The van der Waals surface area contributed by atoms with E-state index < -0.39 is 0 Å². The molecule has 1 aromatic carbocycles. The molecule has 0 saturated heterocycles. The van der Waals surface area contributed by atoms with Crippen molar-refractivity contribution in [3.8, 4) is 0 Å². The Morgan fingerprint density at radius 3 is 2.80 bits per heavy atom. The van der Waals surface area contributed by atoms with Crippen molar-refractivity contribution in [1.82, 2.24) is 20.2 Å². The van der Waals surface area contributed by atoms with Crippen molar-refractivity contribution in [1.29, 1.82) is 0 Å². The number of thioether (sulfide) groups is 1. The van der Waals surface area contributed by atoms with Crippen LogP contribution < -0.4 is 0 Å². The molecule has 1 heterocycles. The van der Waals surface area contributed by atoms with Crippen molar-refractivity contribution < 1.29 is 0 Å². The number of hydrogen-bond acceptors (Lipinski definition) is 4. The summed E-state index contributed by atoms with van der Waals surface area (Å²) in [7, 11) is 0. The van der Waals surface area contributed by atoms with Gasteiger partial charge in [-0.2, -0.15) is 0 Å². The molecule has 78 valence electrons. The topological polar surface area (TPSA) is 43.6 Å². The summed E-state index contributed by atoms with van der Waals surface area (Å²) < 4.78 is 1.83. The average Bonchev–Trinajstić information content (AvgIpc) is 2.75. The van der Waals surface area contributed by atoms with E-state index in [4.69, 9.17) is 0 Å². The molecule has 5 heteroatoms. The quantitative estimate of drug-likeness (QED) is 0.735. The number of hydrogen-bond donors (Lipinski definition) is 0. The predicted octanol–water partition coefficient (Wildman–Crippen LogP) is 1.64. The lowest BCUT2D eigenvalue weighted by Crippen LogP contribution is -2.04. The van der Waals surface area contributed by atoms with Gasteiger partial charge < -0.3 is 0 Å². The van der Waals surface area contributed by atoms with Crippen LogP contribution in [0.1, 0.15) is 5.56 Å². The standard InChI is InChI=1S/C10H12N4S/c1-15-10-11-12-13-14(10)8-7-9-5-3-2-4-6-9/h2-6H,7-8H2,1H3. The van der Waals surface area contributed by atoms with E-state index in [2.05, 4.69) is 27.7 Å². The molecule has 0 saturated carbocycles. The maximum Gasteiger partial charge on any atom is 0.209 e. The molecule has 0 radical (unpaired) electrons. The molecule has 0 aliphatic rings. The minimum Gasteiger partial charge on any atom is -0.220 e. The van der Waals surface area contributed by atoms with Gasteiger partial charge in [-0.1, -0.05) is 42.1 Å². The molecule has 0 spiro atoms. The molecule has 0 N–H and O–H groups in total. The molecule has 0 fully saturated rings. The van der Waals surface area contributed by atoms with Crippen molar-refractivity contribution in [2.75, 3.05) is 6.26 Å². The third kappa shape index (κ3) is 2.56. The van der Waals surface area contributed by atoms with Crippen LogP contribution in [-0.2, 0) is 13.0 Å². The van der Waals surface area contributed by atoms with Crippen LogP contribution in [0.2, 0.25) is 0 Å². The zero-order valence-electron chi connectivity index (χ0n) is 8.50. The lowest BCUT2D eigenvalue weighted by molar-refractivity contribution is 0.548. The van der Waals surface area contributed by atoms with Crippen molar-refractivity contribution in [2.45, 2.75) is 18.1 Å².